The van der Waals surface area contributed by atoms with Crippen LogP contribution in [0.5, 0.6) is 0 Å². The summed E-state index contributed by atoms with van der Waals surface area (Å²) in [6.07, 6.45) is 1.27. The van der Waals surface area contributed by atoms with Gasteiger partial charge in [0.15, 0.2) is 0 Å². The van der Waals surface area contributed by atoms with E-state index in [0.29, 0.717) is 29.2 Å². The third-order valence-electron chi connectivity index (χ3n) is 4.17. The number of nitrogens with zero attached hydrogens (tertiary/aromatic N) is 2. The maximum absolute atomic E-state index is 14.7. The molecule has 1 atom stereocenters. The highest BCUT2D eigenvalue weighted by atomic mass is 35.5. The Balaban J connectivity index is 1.75. The highest BCUT2D eigenvalue weighted by Crippen LogP contribution is 2.31. The van der Waals surface area contributed by atoms with Gasteiger partial charge in [-0.1, -0.05) is 17.7 Å². The number of halogens is 2. The molecule has 8 heteroatoms. The molecule has 1 fully saturated rings. The second kappa shape index (κ2) is 7.75. The fourth-order valence-electron chi connectivity index (χ4n) is 2.97. The molecule has 0 aliphatic carbocycles. The van der Waals surface area contributed by atoms with Gasteiger partial charge in [-0.2, -0.15) is 0 Å². The van der Waals surface area contributed by atoms with Crippen LogP contribution in [0.25, 0.3) is 11.3 Å². The molecule has 2 heterocycles. The number of alkyl carbamates (subject to hydrolysis) is 1. The van der Waals surface area contributed by atoms with E-state index in [9.17, 15) is 14.0 Å². The largest absolute Gasteiger partial charge is 0.444 e. The van der Waals surface area contributed by atoms with E-state index in [-0.39, 0.29) is 11.6 Å². The number of aromatic nitrogens is 1. The van der Waals surface area contributed by atoms with Crippen molar-refractivity contribution in [2.45, 2.75) is 38.8 Å². The fraction of sp³-hybridized carbons (Fsp3) is 0.350. The van der Waals surface area contributed by atoms with Gasteiger partial charge in [-0.05, 0) is 51.5 Å². The van der Waals surface area contributed by atoms with Gasteiger partial charge in [0.2, 0.25) is 5.91 Å². The molecule has 2 aromatic rings. The van der Waals surface area contributed by atoms with Gasteiger partial charge in [0.25, 0.3) is 0 Å². The van der Waals surface area contributed by atoms with Crippen LogP contribution in [0.1, 0.15) is 27.2 Å². The van der Waals surface area contributed by atoms with Crippen LogP contribution < -0.4 is 10.2 Å². The number of carbonyl (C=O) groups is 2. The van der Waals surface area contributed by atoms with E-state index < -0.39 is 23.6 Å². The Morgan fingerprint density at radius 2 is 2.11 bits per heavy atom. The van der Waals surface area contributed by atoms with Crippen LogP contribution >= 0.6 is 11.6 Å². The first-order valence-corrected chi connectivity index (χ1v) is 9.25. The lowest BCUT2D eigenvalue weighted by molar-refractivity contribution is -0.118. The molecule has 1 aliphatic heterocycles. The quantitative estimate of drug-likeness (QED) is 0.831. The van der Waals surface area contributed by atoms with Crippen LogP contribution in [0.3, 0.4) is 0 Å². The molecule has 1 aromatic carbocycles. The van der Waals surface area contributed by atoms with Crippen molar-refractivity contribution in [2.24, 2.45) is 0 Å². The molecule has 28 heavy (non-hydrogen) atoms. The number of anilines is 1. The number of amides is 2. The Labute approximate surface area is 167 Å². The molecule has 0 radical (unpaired) electrons. The molecule has 3 rings (SSSR count). The maximum Gasteiger partial charge on any atom is 0.408 e. The van der Waals surface area contributed by atoms with E-state index in [0.717, 1.165) is 0 Å². The average Bonchev–Trinajstić information content (AvgIpc) is 2.94. The Hall–Kier alpha value is -2.67. The summed E-state index contributed by atoms with van der Waals surface area (Å²) >= 11 is 6.11. The van der Waals surface area contributed by atoms with Gasteiger partial charge in [0, 0.05) is 18.3 Å². The summed E-state index contributed by atoms with van der Waals surface area (Å²) in [4.78, 5) is 30.0. The van der Waals surface area contributed by atoms with E-state index in [1.54, 1.807) is 45.2 Å². The third kappa shape index (κ3) is 4.42. The van der Waals surface area contributed by atoms with E-state index in [1.807, 2.05) is 0 Å². The first kappa shape index (κ1) is 20.1. The standard InChI is InChI=1S/C20H21ClFN3O3/c1-20(2,3)28-19(27)24-15-8-10-25(18(15)26)16-7-6-12(11-14(16)22)17-13(21)5-4-9-23-17/h4-7,9,11,15H,8,10H2,1-3H3,(H,24,27)/t15-/m0/s1. The zero-order chi connectivity index (χ0) is 20.5. The van der Waals surface area contributed by atoms with E-state index in [2.05, 4.69) is 10.3 Å². The van der Waals surface area contributed by atoms with Crippen LogP contribution in [-0.4, -0.2) is 35.2 Å². The van der Waals surface area contributed by atoms with Crippen molar-refractivity contribution < 1.29 is 18.7 Å². The number of benzene rings is 1. The third-order valence-corrected chi connectivity index (χ3v) is 4.47. The van der Waals surface area contributed by atoms with E-state index >= 15 is 0 Å². The number of hydrogen-bond acceptors (Lipinski definition) is 4. The summed E-state index contributed by atoms with van der Waals surface area (Å²) < 4.78 is 19.9. The Morgan fingerprint density at radius 3 is 2.75 bits per heavy atom. The predicted octanol–water partition coefficient (Wildman–Crippen LogP) is 4.17. The van der Waals surface area contributed by atoms with Crippen molar-refractivity contribution in [1.29, 1.82) is 0 Å². The van der Waals surface area contributed by atoms with Crippen molar-refractivity contribution >= 4 is 29.3 Å². The molecule has 1 saturated heterocycles. The molecular weight excluding hydrogens is 385 g/mol. The molecule has 1 aliphatic rings. The summed E-state index contributed by atoms with van der Waals surface area (Å²) in [6.45, 7) is 5.50. The summed E-state index contributed by atoms with van der Waals surface area (Å²) in [5, 5.41) is 2.96. The van der Waals surface area contributed by atoms with Crippen molar-refractivity contribution in [1.82, 2.24) is 10.3 Å². The van der Waals surface area contributed by atoms with Crippen molar-refractivity contribution in [3.63, 3.8) is 0 Å². The van der Waals surface area contributed by atoms with Crippen molar-refractivity contribution in [2.75, 3.05) is 11.4 Å². The molecular formula is C20H21ClFN3O3. The van der Waals surface area contributed by atoms with Crippen LogP contribution in [0, 0.1) is 5.82 Å². The second-order valence-corrected chi connectivity index (χ2v) is 7.88. The lowest BCUT2D eigenvalue weighted by atomic mass is 10.1. The Morgan fingerprint density at radius 1 is 1.36 bits per heavy atom. The number of hydrogen-bond donors (Lipinski definition) is 1. The Bertz CT molecular complexity index is 914. The second-order valence-electron chi connectivity index (χ2n) is 7.48. The number of carbonyl (C=O) groups excluding carboxylic acids is 2. The van der Waals surface area contributed by atoms with Gasteiger partial charge in [0.1, 0.15) is 17.5 Å². The first-order chi connectivity index (χ1) is 13.2. The van der Waals surface area contributed by atoms with E-state index in [4.69, 9.17) is 16.3 Å². The van der Waals surface area contributed by atoms with Crippen LogP contribution in [0.4, 0.5) is 14.9 Å². The highest BCUT2D eigenvalue weighted by Gasteiger charge is 2.35. The zero-order valence-corrected chi connectivity index (χ0v) is 16.6. The smallest absolute Gasteiger partial charge is 0.408 e. The van der Waals surface area contributed by atoms with Gasteiger partial charge >= 0.3 is 6.09 Å². The van der Waals surface area contributed by atoms with Gasteiger partial charge in [0.05, 0.1) is 16.4 Å². The van der Waals surface area contributed by atoms with Crippen LogP contribution in [0.15, 0.2) is 36.5 Å². The van der Waals surface area contributed by atoms with Crippen molar-refractivity contribution in [3.8, 4) is 11.3 Å². The SMILES string of the molecule is CC(C)(C)OC(=O)N[C@H]1CCN(c2ccc(-c3ncccc3Cl)cc2F)C1=O. The highest BCUT2D eigenvalue weighted by molar-refractivity contribution is 6.33. The summed E-state index contributed by atoms with van der Waals surface area (Å²) in [5.41, 5.74) is 0.461. The minimum Gasteiger partial charge on any atom is -0.444 e. The number of nitrogens with one attached hydrogen (secondary N) is 1. The topological polar surface area (TPSA) is 71.5 Å². The lowest BCUT2D eigenvalue weighted by Gasteiger charge is -2.22. The average molecular weight is 406 g/mol. The van der Waals surface area contributed by atoms with Gasteiger partial charge in [-0.3, -0.25) is 9.78 Å². The van der Waals surface area contributed by atoms with Crippen LogP contribution in [-0.2, 0) is 9.53 Å². The maximum atomic E-state index is 14.7. The minimum absolute atomic E-state index is 0.147. The number of pyridine rings is 1. The summed E-state index contributed by atoms with van der Waals surface area (Å²) in [6, 6.07) is 7.09. The molecule has 148 valence electrons. The lowest BCUT2D eigenvalue weighted by Crippen LogP contribution is -2.43. The molecule has 1 aromatic heterocycles. The first-order valence-electron chi connectivity index (χ1n) is 8.87. The summed E-state index contributed by atoms with van der Waals surface area (Å²) in [7, 11) is 0. The molecule has 0 bridgehead atoms. The number of rotatable bonds is 3. The zero-order valence-electron chi connectivity index (χ0n) is 15.8. The van der Waals surface area contributed by atoms with Gasteiger partial charge < -0.3 is 15.0 Å². The van der Waals surface area contributed by atoms with Crippen molar-refractivity contribution in [3.05, 3.63) is 47.4 Å². The van der Waals surface area contributed by atoms with Gasteiger partial charge in [-0.15, -0.1) is 0 Å². The molecule has 0 unspecified atom stereocenters. The normalized spacial score (nSPS) is 17.0. The van der Waals surface area contributed by atoms with Crippen LogP contribution in [0.2, 0.25) is 5.02 Å². The molecule has 6 nitrogen and oxygen atoms in total. The molecule has 0 saturated carbocycles. The molecule has 1 N–H and O–H groups in total. The molecule has 2 amide bonds. The van der Waals surface area contributed by atoms with Gasteiger partial charge in [-0.25, -0.2) is 9.18 Å². The summed E-state index contributed by atoms with van der Waals surface area (Å²) in [5.74, 6) is -0.945. The monoisotopic (exact) mass is 405 g/mol. The molecule has 0 spiro atoms. The number of ether oxygens (including phenoxy) is 1. The predicted molar refractivity (Wildman–Crippen MR) is 105 cm³/mol. The minimum atomic E-state index is -0.751. The fourth-order valence-corrected chi connectivity index (χ4v) is 3.20. The Kier molecular flexibility index (Phi) is 5.56. The van der Waals surface area contributed by atoms with E-state index in [1.165, 1.54) is 17.0 Å².